The Morgan fingerprint density at radius 1 is 1.15 bits per heavy atom. The van der Waals surface area contributed by atoms with Gasteiger partial charge in [0.05, 0.1) is 19.8 Å². The summed E-state index contributed by atoms with van der Waals surface area (Å²) in [4.78, 5) is 12.1. The fraction of sp³-hybridized carbons (Fsp3) is 0.350. The van der Waals surface area contributed by atoms with Crippen LogP contribution in [-0.4, -0.2) is 44.0 Å². The van der Waals surface area contributed by atoms with E-state index in [4.69, 9.17) is 14.6 Å². The summed E-state index contributed by atoms with van der Waals surface area (Å²) >= 11 is 3.45. The molecule has 6 nitrogen and oxygen atoms in total. The number of anilines is 1. The molecule has 0 aliphatic heterocycles. The zero-order valence-electron chi connectivity index (χ0n) is 15.3. The molecular weight excluding hydrogens is 412 g/mol. The maximum atomic E-state index is 12.1. The lowest BCUT2D eigenvalue weighted by Gasteiger charge is -2.13. The number of hydrogen-bond donors (Lipinski definition) is 3. The molecule has 2 aromatic rings. The normalized spacial score (nSPS) is 10.6. The zero-order valence-corrected chi connectivity index (χ0v) is 16.9. The van der Waals surface area contributed by atoms with Crippen LogP contribution in [0.2, 0.25) is 0 Å². The van der Waals surface area contributed by atoms with Gasteiger partial charge in [0, 0.05) is 28.8 Å². The average Bonchev–Trinajstić information content (AvgIpc) is 2.65. The second-order valence-electron chi connectivity index (χ2n) is 5.97. The first-order valence-corrected chi connectivity index (χ1v) is 9.55. The summed E-state index contributed by atoms with van der Waals surface area (Å²) < 4.78 is 11.9. The lowest BCUT2D eigenvalue weighted by atomic mass is 10.2. The Kier molecular flexibility index (Phi) is 9.27. The topological polar surface area (TPSA) is 79.8 Å². The number of aryl methyl sites for hydroxylation is 1. The summed E-state index contributed by atoms with van der Waals surface area (Å²) in [5, 5.41) is 14.7. The number of carbonyl (C=O) groups is 1. The van der Waals surface area contributed by atoms with Crippen molar-refractivity contribution in [3.05, 3.63) is 58.1 Å². The minimum Gasteiger partial charge on any atom is -0.483 e. The van der Waals surface area contributed by atoms with Gasteiger partial charge in [0.25, 0.3) is 5.91 Å². The first kappa shape index (κ1) is 21.4. The van der Waals surface area contributed by atoms with E-state index in [9.17, 15) is 4.79 Å². The number of ether oxygens (including phenoxy) is 2. The highest BCUT2D eigenvalue weighted by molar-refractivity contribution is 9.10. The van der Waals surface area contributed by atoms with Crippen LogP contribution in [0.4, 0.5) is 5.69 Å². The van der Waals surface area contributed by atoms with Crippen LogP contribution >= 0.6 is 15.9 Å². The molecular formula is C20H25BrN2O4. The molecule has 0 bridgehead atoms. The highest BCUT2D eigenvalue weighted by Crippen LogP contribution is 2.23. The fourth-order valence-electron chi connectivity index (χ4n) is 2.34. The van der Waals surface area contributed by atoms with Gasteiger partial charge in [0.1, 0.15) is 5.75 Å². The maximum Gasteiger partial charge on any atom is 0.262 e. The highest BCUT2D eigenvalue weighted by atomic mass is 79.9. The molecule has 0 saturated heterocycles. The van der Waals surface area contributed by atoms with Gasteiger partial charge in [-0.05, 0) is 37.3 Å². The van der Waals surface area contributed by atoms with Gasteiger partial charge in [-0.25, -0.2) is 0 Å². The van der Waals surface area contributed by atoms with Crippen molar-refractivity contribution in [2.24, 2.45) is 0 Å². The van der Waals surface area contributed by atoms with E-state index in [0.717, 1.165) is 21.3 Å². The molecule has 2 aromatic carbocycles. The second-order valence-corrected chi connectivity index (χ2v) is 6.88. The Morgan fingerprint density at radius 2 is 1.93 bits per heavy atom. The van der Waals surface area contributed by atoms with Crippen LogP contribution in [-0.2, 0) is 16.1 Å². The van der Waals surface area contributed by atoms with E-state index in [-0.39, 0.29) is 19.1 Å². The third-order valence-corrected chi connectivity index (χ3v) is 4.18. The number of carbonyl (C=O) groups excluding carboxylic acids is 1. The molecule has 0 radical (unpaired) electrons. The van der Waals surface area contributed by atoms with Gasteiger partial charge in [0.15, 0.2) is 6.61 Å². The zero-order chi connectivity index (χ0) is 19.5. The average molecular weight is 437 g/mol. The van der Waals surface area contributed by atoms with Crippen LogP contribution in [0.3, 0.4) is 0 Å². The van der Waals surface area contributed by atoms with Crippen LogP contribution in [0.1, 0.15) is 11.1 Å². The van der Waals surface area contributed by atoms with Gasteiger partial charge < -0.3 is 25.2 Å². The molecule has 7 heteroatoms. The Hall–Kier alpha value is -1.93. The third-order valence-electron chi connectivity index (χ3n) is 3.69. The van der Waals surface area contributed by atoms with Crippen LogP contribution in [0.25, 0.3) is 0 Å². The molecule has 0 aliphatic rings. The summed E-state index contributed by atoms with van der Waals surface area (Å²) in [6, 6.07) is 13.3. The molecule has 146 valence electrons. The molecule has 0 aromatic heterocycles. The molecule has 0 unspecified atom stereocenters. The second kappa shape index (κ2) is 11.7. The Labute approximate surface area is 168 Å². The number of benzene rings is 2. The predicted octanol–water partition coefficient (Wildman–Crippen LogP) is 2.87. The van der Waals surface area contributed by atoms with Crippen molar-refractivity contribution >= 4 is 27.5 Å². The van der Waals surface area contributed by atoms with Crippen LogP contribution in [0.15, 0.2) is 46.9 Å². The summed E-state index contributed by atoms with van der Waals surface area (Å²) in [5.41, 5.74) is 2.82. The number of amides is 1. The van der Waals surface area contributed by atoms with Crippen molar-refractivity contribution in [1.29, 1.82) is 0 Å². The molecule has 1 amide bonds. The van der Waals surface area contributed by atoms with Crippen molar-refractivity contribution < 1.29 is 19.4 Å². The van der Waals surface area contributed by atoms with Crippen LogP contribution < -0.4 is 15.4 Å². The van der Waals surface area contributed by atoms with E-state index in [1.165, 1.54) is 0 Å². The highest BCUT2D eigenvalue weighted by Gasteiger charge is 2.08. The van der Waals surface area contributed by atoms with E-state index in [1.807, 2.05) is 49.4 Å². The van der Waals surface area contributed by atoms with Crippen molar-refractivity contribution in [3.8, 4) is 5.75 Å². The number of aliphatic hydroxyl groups excluding tert-OH is 1. The van der Waals surface area contributed by atoms with Gasteiger partial charge in [0.2, 0.25) is 0 Å². The minimum atomic E-state index is -0.210. The molecule has 3 N–H and O–H groups in total. The lowest BCUT2D eigenvalue weighted by molar-refractivity contribution is -0.118. The van der Waals surface area contributed by atoms with Gasteiger partial charge in [-0.15, -0.1) is 0 Å². The van der Waals surface area contributed by atoms with E-state index in [1.54, 1.807) is 0 Å². The van der Waals surface area contributed by atoms with Gasteiger partial charge in [-0.3, -0.25) is 4.79 Å². The molecule has 0 saturated carbocycles. The predicted molar refractivity (Wildman–Crippen MR) is 109 cm³/mol. The van der Waals surface area contributed by atoms with E-state index in [0.29, 0.717) is 32.1 Å². The number of nitrogens with one attached hydrogen (secondary N) is 2. The van der Waals surface area contributed by atoms with E-state index in [2.05, 4.69) is 26.6 Å². The Morgan fingerprint density at radius 3 is 2.67 bits per heavy atom. The molecule has 0 spiro atoms. The molecule has 0 heterocycles. The first-order valence-electron chi connectivity index (χ1n) is 8.75. The van der Waals surface area contributed by atoms with Crippen molar-refractivity contribution in [3.63, 3.8) is 0 Å². The number of rotatable bonds is 11. The molecule has 2 rings (SSSR count). The summed E-state index contributed by atoms with van der Waals surface area (Å²) in [7, 11) is 0. The van der Waals surface area contributed by atoms with Crippen LogP contribution in [0, 0.1) is 6.92 Å². The Balaban J connectivity index is 1.83. The first-order chi connectivity index (χ1) is 13.1. The molecule has 0 fully saturated rings. The van der Waals surface area contributed by atoms with Crippen molar-refractivity contribution in [2.45, 2.75) is 13.5 Å². The van der Waals surface area contributed by atoms with Gasteiger partial charge >= 0.3 is 0 Å². The van der Waals surface area contributed by atoms with Gasteiger partial charge in [-0.1, -0.05) is 33.6 Å². The quantitative estimate of drug-likeness (QED) is 0.472. The van der Waals surface area contributed by atoms with Gasteiger partial charge in [-0.2, -0.15) is 0 Å². The van der Waals surface area contributed by atoms with E-state index >= 15 is 0 Å². The number of hydrogen-bond acceptors (Lipinski definition) is 5. The lowest BCUT2D eigenvalue weighted by Crippen LogP contribution is -2.22. The molecule has 0 atom stereocenters. The van der Waals surface area contributed by atoms with Crippen molar-refractivity contribution in [2.75, 3.05) is 38.3 Å². The summed E-state index contributed by atoms with van der Waals surface area (Å²) in [6.07, 6.45) is 0. The largest absolute Gasteiger partial charge is 0.483 e. The smallest absolute Gasteiger partial charge is 0.262 e. The minimum absolute atomic E-state index is 0.0221. The molecule has 0 aliphatic carbocycles. The fourth-order valence-corrected chi connectivity index (χ4v) is 2.75. The maximum absolute atomic E-state index is 12.1. The molecule has 27 heavy (non-hydrogen) atoms. The van der Waals surface area contributed by atoms with E-state index < -0.39 is 0 Å². The van der Waals surface area contributed by atoms with Crippen molar-refractivity contribution in [1.82, 2.24) is 5.32 Å². The van der Waals surface area contributed by atoms with Crippen LogP contribution in [0.5, 0.6) is 5.75 Å². The number of aliphatic hydroxyl groups is 1. The summed E-state index contributed by atoms with van der Waals surface area (Å²) in [5.74, 6) is 0.444. The summed E-state index contributed by atoms with van der Waals surface area (Å²) in [6.45, 7) is 4.04. The monoisotopic (exact) mass is 436 g/mol. The Bertz CT molecular complexity index is 722. The number of halogens is 1. The standard InChI is InChI=1S/C20H25BrN2O4/c1-15-2-5-18(6-3-15)23-20(25)14-27-19-7-4-17(21)12-16(19)13-22-8-10-26-11-9-24/h2-7,12,22,24H,8-11,13-14H2,1H3,(H,23,25). The SMILES string of the molecule is Cc1ccc(NC(=O)COc2ccc(Br)cc2CNCCOCCO)cc1. The third kappa shape index (κ3) is 8.09.